The zero-order valence-electron chi connectivity index (χ0n) is 10.8. The Hall–Kier alpha value is -2.33. The van der Waals surface area contributed by atoms with Crippen LogP contribution >= 0.6 is 11.6 Å². The van der Waals surface area contributed by atoms with Crippen molar-refractivity contribution in [2.75, 3.05) is 5.32 Å². The summed E-state index contributed by atoms with van der Waals surface area (Å²) < 4.78 is 5.24. The number of hydrogen-bond acceptors (Lipinski definition) is 4. The Bertz CT molecular complexity index is 705. The summed E-state index contributed by atoms with van der Waals surface area (Å²) in [5.74, 6) is 0.907. The van der Waals surface area contributed by atoms with E-state index in [0.29, 0.717) is 16.9 Å². The summed E-state index contributed by atoms with van der Waals surface area (Å²) in [4.78, 5) is 4.31. The molecule has 3 aromatic rings. The van der Waals surface area contributed by atoms with Crippen LogP contribution in [0.5, 0.6) is 0 Å². The summed E-state index contributed by atoms with van der Waals surface area (Å²) in [5, 5.41) is 7.64. The van der Waals surface area contributed by atoms with E-state index in [-0.39, 0.29) is 0 Å². The van der Waals surface area contributed by atoms with Crippen molar-refractivity contribution in [1.29, 1.82) is 0 Å². The van der Waals surface area contributed by atoms with Crippen molar-refractivity contribution in [2.24, 2.45) is 0 Å². The maximum atomic E-state index is 5.83. The first-order valence-corrected chi connectivity index (χ1v) is 6.52. The van der Waals surface area contributed by atoms with Crippen molar-refractivity contribution in [3.05, 3.63) is 59.1 Å². The minimum Gasteiger partial charge on any atom is -0.332 e. The van der Waals surface area contributed by atoms with Crippen LogP contribution in [0.15, 0.2) is 53.1 Å². The highest BCUT2D eigenvalue weighted by Gasteiger charge is 2.08. The molecule has 0 radical (unpaired) electrons. The normalized spacial score (nSPS) is 10.5. The fourth-order valence-electron chi connectivity index (χ4n) is 1.75. The summed E-state index contributed by atoms with van der Waals surface area (Å²) in [6.45, 7) is 2.03. The number of benzene rings is 2. The number of halogens is 1. The van der Waals surface area contributed by atoms with Gasteiger partial charge in [0.15, 0.2) is 0 Å². The topological polar surface area (TPSA) is 51.0 Å². The third-order valence-electron chi connectivity index (χ3n) is 2.82. The van der Waals surface area contributed by atoms with Crippen molar-refractivity contribution < 1.29 is 4.52 Å². The molecule has 1 aromatic heterocycles. The Morgan fingerprint density at radius 2 is 1.70 bits per heavy atom. The van der Waals surface area contributed by atoms with Gasteiger partial charge >= 0.3 is 0 Å². The van der Waals surface area contributed by atoms with Crippen molar-refractivity contribution in [2.45, 2.75) is 6.92 Å². The quantitative estimate of drug-likeness (QED) is 0.773. The van der Waals surface area contributed by atoms with Gasteiger partial charge in [-0.15, -0.1) is 0 Å². The van der Waals surface area contributed by atoms with E-state index in [4.69, 9.17) is 16.1 Å². The molecule has 0 aliphatic carbocycles. The molecular formula is C15H12ClN3O. The van der Waals surface area contributed by atoms with Crippen LogP contribution in [0.25, 0.3) is 11.5 Å². The van der Waals surface area contributed by atoms with E-state index in [0.717, 1.165) is 11.3 Å². The molecule has 0 aliphatic rings. The van der Waals surface area contributed by atoms with E-state index in [1.165, 1.54) is 5.56 Å². The Kier molecular flexibility index (Phi) is 3.39. The molecule has 20 heavy (non-hydrogen) atoms. The lowest BCUT2D eigenvalue weighted by atomic mass is 10.1. The van der Waals surface area contributed by atoms with Crippen LogP contribution in [-0.2, 0) is 0 Å². The largest absolute Gasteiger partial charge is 0.332 e. The molecule has 0 spiro atoms. The van der Waals surface area contributed by atoms with Gasteiger partial charge in [-0.1, -0.05) is 29.3 Å². The number of aryl methyl sites for hydroxylation is 1. The van der Waals surface area contributed by atoms with Gasteiger partial charge in [0.1, 0.15) is 0 Å². The second kappa shape index (κ2) is 5.35. The Morgan fingerprint density at radius 3 is 2.40 bits per heavy atom. The number of nitrogens with one attached hydrogen (secondary N) is 1. The van der Waals surface area contributed by atoms with Gasteiger partial charge in [-0.2, -0.15) is 4.98 Å². The first-order chi connectivity index (χ1) is 9.70. The highest BCUT2D eigenvalue weighted by atomic mass is 35.5. The average molecular weight is 286 g/mol. The van der Waals surface area contributed by atoms with Gasteiger partial charge in [0.2, 0.25) is 0 Å². The summed E-state index contributed by atoms with van der Waals surface area (Å²) in [6, 6.07) is 15.2. The molecule has 1 heterocycles. The smallest absolute Gasteiger partial charge is 0.268 e. The molecule has 0 saturated carbocycles. The standard InChI is InChI=1S/C15H12ClN3O/c1-10-2-4-11(5-3-10)14-18-15(19-20-14)17-13-8-6-12(16)7-9-13/h2-9H,1H3,(H,17,19). The molecule has 0 aliphatic heterocycles. The van der Waals surface area contributed by atoms with E-state index in [1.807, 2.05) is 43.3 Å². The molecule has 2 aromatic carbocycles. The fraction of sp³-hybridized carbons (Fsp3) is 0.0667. The van der Waals surface area contributed by atoms with E-state index >= 15 is 0 Å². The highest BCUT2D eigenvalue weighted by molar-refractivity contribution is 6.30. The van der Waals surface area contributed by atoms with Crippen molar-refractivity contribution in [1.82, 2.24) is 10.1 Å². The van der Waals surface area contributed by atoms with Gasteiger partial charge in [-0.3, -0.25) is 0 Å². The number of aromatic nitrogens is 2. The van der Waals surface area contributed by atoms with Crippen LogP contribution < -0.4 is 5.32 Å². The SMILES string of the molecule is Cc1ccc(-c2nc(Nc3ccc(Cl)cc3)no2)cc1. The average Bonchev–Trinajstić information content (AvgIpc) is 2.91. The van der Waals surface area contributed by atoms with Crippen LogP contribution in [0.4, 0.5) is 11.6 Å². The summed E-state index contributed by atoms with van der Waals surface area (Å²) in [7, 11) is 0. The predicted octanol–water partition coefficient (Wildman–Crippen LogP) is 4.44. The number of rotatable bonds is 3. The van der Waals surface area contributed by atoms with E-state index < -0.39 is 0 Å². The Morgan fingerprint density at radius 1 is 1.00 bits per heavy atom. The predicted molar refractivity (Wildman–Crippen MR) is 79.2 cm³/mol. The summed E-state index contributed by atoms with van der Waals surface area (Å²) in [6.07, 6.45) is 0. The minimum absolute atomic E-state index is 0.419. The lowest BCUT2D eigenvalue weighted by Crippen LogP contribution is -1.91. The lowest BCUT2D eigenvalue weighted by Gasteiger charge is -1.99. The number of hydrogen-bond donors (Lipinski definition) is 1. The van der Waals surface area contributed by atoms with Crippen molar-refractivity contribution in [3.8, 4) is 11.5 Å². The summed E-state index contributed by atoms with van der Waals surface area (Å²) >= 11 is 5.83. The molecule has 100 valence electrons. The molecule has 1 N–H and O–H groups in total. The lowest BCUT2D eigenvalue weighted by molar-refractivity contribution is 0.433. The number of nitrogens with zero attached hydrogens (tertiary/aromatic N) is 2. The molecule has 4 nitrogen and oxygen atoms in total. The molecule has 0 saturated heterocycles. The van der Waals surface area contributed by atoms with Gasteiger partial charge in [0, 0.05) is 16.3 Å². The monoisotopic (exact) mass is 285 g/mol. The summed E-state index contributed by atoms with van der Waals surface area (Å²) in [5.41, 5.74) is 2.94. The first-order valence-electron chi connectivity index (χ1n) is 6.14. The third-order valence-corrected chi connectivity index (χ3v) is 3.08. The minimum atomic E-state index is 0.419. The molecule has 5 heteroatoms. The van der Waals surface area contributed by atoms with Gasteiger partial charge in [0.25, 0.3) is 11.8 Å². The van der Waals surface area contributed by atoms with E-state index in [9.17, 15) is 0 Å². The Labute approximate surface area is 121 Å². The third kappa shape index (κ3) is 2.81. The number of anilines is 2. The second-order valence-electron chi connectivity index (χ2n) is 4.42. The van der Waals surface area contributed by atoms with Crippen molar-refractivity contribution in [3.63, 3.8) is 0 Å². The van der Waals surface area contributed by atoms with Crippen molar-refractivity contribution >= 4 is 23.2 Å². The Balaban J connectivity index is 1.80. The maximum absolute atomic E-state index is 5.83. The molecular weight excluding hydrogens is 274 g/mol. The fourth-order valence-corrected chi connectivity index (χ4v) is 1.88. The van der Waals surface area contributed by atoms with E-state index in [2.05, 4.69) is 15.5 Å². The second-order valence-corrected chi connectivity index (χ2v) is 4.86. The molecule has 3 rings (SSSR count). The first kappa shape index (κ1) is 12.7. The molecule has 0 amide bonds. The van der Waals surface area contributed by atoms with Crippen LogP contribution in [0.3, 0.4) is 0 Å². The van der Waals surface area contributed by atoms with Crippen LogP contribution in [0.2, 0.25) is 5.02 Å². The van der Waals surface area contributed by atoms with Gasteiger partial charge in [0.05, 0.1) is 0 Å². The molecule has 0 unspecified atom stereocenters. The van der Waals surface area contributed by atoms with Crippen LogP contribution in [-0.4, -0.2) is 10.1 Å². The van der Waals surface area contributed by atoms with Gasteiger partial charge in [-0.05, 0) is 48.5 Å². The zero-order valence-corrected chi connectivity index (χ0v) is 11.6. The molecule has 0 atom stereocenters. The zero-order chi connectivity index (χ0) is 13.9. The van der Waals surface area contributed by atoms with E-state index in [1.54, 1.807) is 12.1 Å². The molecule has 0 bridgehead atoms. The van der Waals surface area contributed by atoms with Crippen LogP contribution in [0, 0.1) is 6.92 Å². The van der Waals surface area contributed by atoms with Gasteiger partial charge in [-0.25, -0.2) is 0 Å². The van der Waals surface area contributed by atoms with Crippen LogP contribution in [0.1, 0.15) is 5.56 Å². The van der Waals surface area contributed by atoms with Gasteiger partial charge < -0.3 is 9.84 Å². The highest BCUT2D eigenvalue weighted by Crippen LogP contribution is 2.21. The maximum Gasteiger partial charge on any atom is 0.268 e. The molecule has 0 fully saturated rings.